The molecule has 0 saturated carbocycles. The highest BCUT2D eigenvalue weighted by Crippen LogP contribution is 2.34. The van der Waals surface area contributed by atoms with Crippen molar-refractivity contribution in [2.75, 3.05) is 13.7 Å². The highest BCUT2D eigenvalue weighted by atomic mass is 19.4. The van der Waals surface area contributed by atoms with Gasteiger partial charge in [-0.1, -0.05) is 61.9 Å². The van der Waals surface area contributed by atoms with Gasteiger partial charge in [-0.05, 0) is 43.7 Å². The van der Waals surface area contributed by atoms with Crippen LogP contribution in [0.1, 0.15) is 48.2 Å². The number of hydrogen-bond acceptors (Lipinski definition) is 4. The summed E-state index contributed by atoms with van der Waals surface area (Å²) in [4.78, 5) is 28.0. The van der Waals surface area contributed by atoms with Crippen LogP contribution in [0.15, 0.2) is 76.3 Å². The Labute approximate surface area is 245 Å². The Balaban J connectivity index is 1.99. The molecule has 4 aromatic rings. The third kappa shape index (κ3) is 6.72. The maximum absolute atomic E-state index is 15.5. The normalized spacial score (nSPS) is 12.4. The third-order valence-electron chi connectivity index (χ3n) is 7.37. The molecule has 0 aliphatic heterocycles. The van der Waals surface area contributed by atoms with Gasteiger partial charge in [0, 0.05) is 16.8 Å². The largest absolute Gasteiger partial charge is 0.494 e. The van der Waals surface area contributed by atoms with Crippen molar-refractivity contribution >= 4 is 0 Å². The van der Waals surface area contributed by atoms with E-state index in [9.17, 15) is 27.2 Å². The molecular formula is C32H32F5N3O3. The molecule has 0 aliphatic rings. The molecule has 0 fully saturated rings. The van der Waals surface area contributed by atoms with Gasteiger partial charge in [0.1, 0.15) is 5.82 Å². The molecule has 1 aromatic heterocycles. The van der Waals surface area contributed by atoms with E-state index in [1.54, 1.807) is 12.1 Å². The van der Waals surface area contributed by atoms with E-state index >= 15 is 4.39 Å². The fraction of sp³-hybridized carbons (Fsp3) is 0.312. The smallest absolute Gasteiger partial charge is 0.416 e. The molecule has 43 heavy (non-hydrogen) atoms. The molecule has 1 N–H and O–H groups in total. The van der Waals surface area contributed by atoms with Crippen LogP contribution < -0.4 is 21.3 Å². The molecule has 0 bridgehead atoms. The average Bonchev–Trinajstić information content (AvgIpc) is 2.98. The SMILES string of the molecule is CCCCN[C@@H](Cn1c(=O)c(-c2cccc(OC)c2F)c(C)n(Cc2c(F)cccc2C(F)(F)F)c1=O)c1ccccc1. The summed E-state index contributed by atoms with van der Waals surface area (Å²) < 4.78 is 79.0. The molecule has 0 saturated heterocycles. The molecule has 6 nitrogen and oxygen atoms in total. The monoisotopic (exact) mass is 601 g/mol. The van der Waals surface area contributed by atoms with Crippen molar-refractivity contribution in [1.82, 2.24) is 14.5 Å². The molecule has 0 unspecified atom stereocenters. The Kier molecular flexibility index (Phi) is 9.85. The summed E-state index contributed by atoms with van der Waals surface area (Å²) in [6, 6.07) is 15.1. The number of ether oxygens (including phenoxy) is 1. The lowest BCUT2D eigenvalue weighted by Gasteiger charge is -2.23. The second-order valence-corrected chi connectivity index (χ2v) is 10.1. The molecule has 1 heterocycles. The Morgan fingerprint density at radius 1 is 0.930 bits per heavy atom. The predicted molar refractivity (Wildman–Crippen MR) is 154 cm³/mol. The first kappa shape index (κ1) is 31.7. The van der Waals surface area contributed by atoms with E-state index in [1.807, 2.05) is 25.1 Å². The van der Waals surface area contributed by atoms with Crippen molar-refractivity contribution < 1.29 is 26.7 Å². The molecule has 4 rings (SSSR count). The number of methoxy groups -OCH3 is 1. The minimum atomic E-state index is -4.91. The number of nitrogens with one attached hydrogen (secondary N) is 1. The maximum atomic E-state index is 15.5. The minimum Gasteiger partial charge on any atom is -0.494 e. The summed E-state index contributed by atoms with van der Waals surface area (Å²) in [6.07, 6.45) is -3.22. The Bertz CT molecular complexity index is 1700. The highest BCUT2D eigenvalue weighted by molar-refractivity contribution is 5.67. The van der Waals surface area contributed by atoms with E-state index in [1.165, 1.54) is 32.2 Å². The number of unbranched alkanes of at least 4 members (excludes halogenated alkanes) is 1. The van der Waals surface area contributed by atoms with Gasteiger partial charge < -0.3 is 10.1 Å². The van der Waals surface area contributed by atoms with Crippen LogP contribution in [0.25, 0.3) is 11.1 Å². The Morgan fingerprint density at radius 3 is 2.28 bits per heavy atom. The van der Waals surface area contributed by atoms with Crippen LogP contribution >= 0.6 is 0 Å². The van der Waals surface area contributed by atoms with Gasteiger partial charge >= 0.3 is 11.9 Å². The van der Waals surface area contributed by atoms with Crippen LogP contribution in [-0.2, 0) is 19.3 Å². The molecule has 0 aliphatic carbocycles. The van der Waals surface area contributed by atoms with E-state index in [-0.39, 0.29) is 29.1 Å². The minimum absolute atomic E-state index is 0.120. The standard InChI is InChI=1S/C32H32F5N3O3/c1-4-5-17-38-26(21-11-7-6-8-12-21)19-40-30(41)28(22-13-9-16-27(43-3)29(22)34)20(2)39(31(40)42)18-23-24(32(35,36)37)14-10-15-25(23)33/h6-16,26,38H,4-5,17-19H2,1-3H3/t26-/m0/s1. The quantitative estimate of drug-likeness (QED) is 0.158. The fourth-order valence-electron chi connectivity index (χ4n) is 5.07. The number of nitrogens with zero attached hydrogens (tertiary/aromatic N) is 2. The van der Waals surface area contributed by atoms with Crippen LogP contribution in [0, 0.1) is 18.6 Å². The van der Waals surface area contributed by atoms with E-state index in [0.717, 1.165) is 45.7 Å². The molecule has 1 atom stereocenters. The maximum Gasteiger partial charge on any atom is 0.416 e. The van der Waals surface area contributed by atoms with Gasteiger partial charge in [-0.3, -0.25) is 13.9 Å². The Hall–Kier alpha value is -4.25. The van der Waals surface area contributed by atoms with Gasteiger partial charge in [0.25, 0.3) is 5.56 Å². The van der Waals surface area contributed by atoms with Gasteiger partial charge in [-0.2, -0.15) is 13.2 Å². The van der Waals surface area contributed by atoms with Crippen LogP contribution in [0.2, 0.25) is 0 Å². The lowest BCUT2D eigenvalue weighted by atomic mass is 10.0. The second-order valence-electron chi connectivity index (χ2n) is 10.1. The van der Waals surface area contributed by atoms with Crippen LogP contribution in [0.5, 0.6) is 5.75 Å². The van der Waals surface area contributed by atoms with Crippen molar-refractivity contribution in [3.8, 4) is 16.9 Å². The fourth-order valence-corrected chi connectivity index (χ4v) is 5.07. The van der Waals surface area contributed by atoms with Crippen molar-refractivity contribution in [2.45, 2.75) is 52.0 Å². The van der Waals surface area contributed by atoms with Gasteiger partial charge in [0.2, 0.25) is 0 Å². The van der Waals surface area contributed by atoms with Gasteiger partial charge in [-0.25, -0.2) is 13.6 Å². The zero-order valence-corrected chi connectivity index (χ0v) is 24.0. The van der Waals surface area contributed by atoms with Crippen LogP contribution in [0.3, 0.4) is 0 Å². The van der Waals surface area contributed by atoms with E-state index in [2.05, 4.69) is 5.32 Å². The first-order valence-electron chi connectivity index (χ1n) is 13.8. The first-order chi connectivity index (χ1) is 20.5. The predicted octanol–water partition coefficient (Wildman–Crippen LogP) is 6.47. The summed E-state index contributed by atoms with van der Waals surface area (Å²) in [7, 11) is 1.25. The summed E-state index contributed by atoms with van der Waals surface area (Å²) in [5.74, 6) is -2.22. The highest BCUT2D eigenvalue weighted by Gasteiger charge is 2.35. The summed E-state index contributed by atoms with van der Waals surface area (Å²) in [5.41, 5.74) is -3.63. The van der Waals surface area contributed by atoms with Crippen LogP contribution in [0.4, 0.5) is 22.0 Å². The molecule has 228 valence electrons. The second kappa shape index (κ2) is 13.4. The number of aromatic nitrogens is 2. The van der Waals surface area contributed by atoms with Gasteiger partial charge in [0.05, 0.1) is 37.4 Å². The molecule has 0 amide bonds. The van der Waals surface area contributed by atoms with Crippen LogP contribution in [-0.4, -0.2) is 22.8 Å². The number of alkyl halides is 3. The van der Waals surface area contributed by atoms with E-state index in [0.29, 0.717) is 6.54 Å². The van der Waals surface area contributed by atoms with Gasteiger partial charge in [-0.15, -0.1) is 0 Å². The van der Waals surface area contributed by atoms with E-state index in [4.69, 9.17) is 4.74 Å². The molecule has 0 radical (unpaired) electrons. The summed E-state index contributed by atoms with van der Waals surface area (Å²) in [6.45, 7) is 2.84. The number of halogens is 5. The summed E-state index contributed by atoms with van der Waals surface area (Å²) in [5, 5.41) is 3.34. The molecule has 3 aromatic carbocycles. The number of benzene rings is 3. The molecular weight excluding hydrogens is 569 g/mol. The Morgan fingerprint density at radius 2 is 1.63 bits per heavy atom. The lowest BCUT2D eigenvalue weighted by Crippen LogP contribution is -2.45. The topological polar surface area (TPSA) is 65.3 Å². The van der Waals surface area contributed by atoms with Crippen molar-refractivity contribution in [3.63, 3.8) is 0 Å². The zero-order chi connectivity index (χ0) is 31.3. The van der Waals surface area contributed by atoms with Gasteiger partial charge in [0.15, 0.2) is 11.6 Å². The van der Waals surface area contributed by atoms with E-state index < -0.39 is 52.8 Å². The third-order valence-corrected chi connectivity index (χ3v) is 7.37. The van der Waals surface area contributed by atoms with Crippen molar-refractivity contribution in [1.29, 1.82) is 0 Å². The number of rotatable bonds is 11. The van der Waals surface area contributed by atoms with Crippen molar-refractivity contribution in [2.24, 2.45) is 0 Å². The number of hydrogen-bond donors (Lipinski definition) is 1. The van der Waals surface area contributed by atoms with Crippen molar-refractivity contribution in [3.05, 3.63) is 122 Å². The summed E-state index contributed by atoms with van der Waals surface area (Å²) >= 11 is 0. The molecule has 0 spiro atoms. The first-order valence-corrected chi connectivity index (χ1v) is 13.8. The molecule has 11 heteroatoms. The average molecular weight is 602 g/mol. The zero-order valence-electron chi connectivity index (χ0n) is 24.0. The lowest BCUT2D eigenvalue weighted by molar-refractivity contribution is -0.138.